The van der Waals surface area contributed by atoms with Gasteiger partial charge in [0, 0.05) is 31.2 Å². The molecule has 4 rings (SSSR count). The monoisotopic (exact) mass is 337 g/mol. The first-order valence-corrected chi connectivity index (χ1v) is 8.90. The summed E-state index contributed by atoms with van der Waals surface area (Å²) in [6.07, 6.45) is 5.56. The maximum Gasteiger partial charge on any atom is 0.257 e. The normalized spacial score (nSPS) is 18.2. The Morgan fingerprint density at radius 2 is 2.16 bits per heavy atom. The van der Waals surface area contributed by atoms with Crippen LogP contribution in [0.2, 0.25) is 0 Å². The maximum atomic E-state index is 12.8. The van der Waals surface area contributed by atoms with Crippen molar-refractivity contribution in [3.05, 3.63) is 48.0 Å². The fraction of sp³-hybridized carbons (Fsp3) is 0.421. The summed E-state index contributed by atoms with van der Waals surface area (Å²) in [4.78, 5) is 22.9. The number of benzene rings is 1. The summed E-state index contributed by atoms with van der Waals surface area (Å²) in [5, 5.41) is 4.29. The van der Waals surface area contributed by atoms with Crippen LogP contribution < -0.4 is 0 Å². The van der Waals surface area contributed by atoms with Crippen LogP contribution in [0.1, 0.15) is 54.8 Å². The van der Waals surface area contributed by atoms with Crippen LogP contribution in [0.15, 0.2) is 36.7 Å². The number of amides is 1. The molecule has 1 aromatic carbocycles. The van der Waals surface area contributed by atoms with Gasteiger partial charge in [0.15, 0.2) is 0 Å². The summed E-state index contributed by atoms with van der Waals surface area (Å²) >= 11 is 0. The summed E-state index contributed by atoms with van der Waals surface area (Å²) in [5.41, 5.74) is 2.71. The fourth-order valence-electron chi connectivity index (χ4n) is 3.46. The highest BCUT2D eigenvalue weighted by Gasteiger charge is 2.28. The number of hydrogen-bond donors (Lipinski definition) is 1. The third-order valence-electron chi connectivity index (χ3n) is 4.88. The SMILES string of the molecule is CC(C)n1cc(C(=O)N2CCC[C@H](c3nc4ccccc4[nH]3)C2)cn1. The number of nitrogens with zero attached hydrogens (tertiary/aromatic N) is 4. The smallest absolute Gasteiger partial charge is 0.257 e. The Balaban J connectivity index is 1.52. The molecule has 130 valence electrons. The van der Waals surface area contributed by atoms with Crippen LogP contribution >= 0.6 is 0 Å². The molecule has 1 aliphatic heterocycles. The van der Waals surface area contributed by atoms with Crippen molar-refractivity contribution in [2.75, 3.05) is 13.1 Å². The van der Waals surface area contributed by atoms with Crippen molar-refractivity contribution in [1.82, 2.24) is 24.6 Å². The molecule has 6 nitrogen and oxygen atoms in total. The van der Waals surface area contributed by atoms with E-state index in [2.05, 4.69) is 23.9 Å². The van der Waals surface area contributed by atoms with Crippen molar-refractivity contribution in [2.45, 2.75) is 38.6 Å². The summed E-state index contributed by atoms with van der Waals surface area (Å²) in [6, 6.07) is 8.31. The zero-order valence-electron chi connectivity index (χ0n) is 14.6. The number of H-pyrrole nitrogens is 1. The number of hydrogen-bond acceptors (Lipinski definition) is 3. The predicted octanol–water partition coefficient (Wildman–Crippen LogP) is 3.36. The highest BCUT2D eigenvalue weighted by molar-refractivity contribution is 5.93. The molecule has 1 aliphatic rings. The van der Waals surface area contributed by atoms with Gasteiger partial charge in [-0.1, -0.05) is 12.1 Å². The molecule has 0 saturated carbocycles. The molecule has 1 atom stereocenters. The van der Waals surface area contributed by atoms with Gasteiger partial charge < -0.3 is 9.88 Å². The van der Waals surface area contributed by atoms with Crippen LogP contribution in [0, 0.1) is 0 Å². The molecule has 0 radical (unpaired) electrons. The number of piperidine rings is 1. The lowest BCUT2D eigenvalue weighted by Gasteiger charge is -2.31. The molecule has 6 heteroatoms. The fourth-order valence-corrected chi connectivity index (χ4v) is 3.46. The third kappa shape index (κ3) is 3.04. The number of likely N-dealkylation sites (tertiary alicyclic amines) is 1. The molecular formula is C19H23N5O. The van der Waals surface area contributed by atoms with Crippen LogP contribution in [0.4, 0.5) is 0 Å². The van der Waals surface area contributed by atoms with Crippen LogP contribution in [0.5, 0.6) is 0 Å². The molecule has 0 spiro atoms. The molecule has 3 aromatic rings. The zero-order chi connectivity index (χ0) is 17.4. The van der Waals surface area contributed by atoms with Gasteiger partial charge in [-0.25, -0.2) is 4.98 Å². The van der Waals surface area contributed by atoms with Crippen LogP contribution in [0.25, 0.3) is 11.0 Å². The van der Waals surface area contributed by atoms with Crippen molar-refractivity contribution < 1.29 is 4.79 Å². The second-order valence-electron chi connectivity index (χ2n) is 7.03. The number of carbonyl (C=O) groups is 1. The van der Waals surface area contributed by atoms with Crippen LogP contribution in [-0.4, -0.2) is 43.6 Å². The first kappa shape index (κ1) is 15.9. The summed E-state index contributed by atoms with van der Waals surface area (Å²) in [7, 11) is 0. The molecule has 25 heavy (non-hydrogen) atoms. The minimum atomic E-state index is 0.0627. The maximum absolute atomic E-state index is 12.8. The highest BCUT2D eigenvalue weighted by Crippen LogP contribution is 2.27. The van der Waals surface area contributed by atoms with Crippen molar-refractivity contribution in [2.24, 2.45) is 0 Å². The van der Waals surface area contributed by atoms with E-state index in [0.717, 1.165) is 36.2 Å². The van der Waals surface area contributed by atoms with E-state index in [4.69, 9.17) is 4.98 Å². The lowest BCUT2D eigenvalue weighted by molar-refractivity contribution is 0.0705. The number of imidazole rings is 1. The van der Waals surface area contributed by atoms with Gasteiger partial charge in [0.1, 0.15) is 5.82 Å². The van der Waals surface area contributed by atoms with E-state index in [9.17, 15) is 4.79 Å². The van der Waals surface area contributed by atoms with E-state index in [-0.39, 0.29) is 17.9 Å². The minimum absolute atomic E-state index is 0.0627. The van der Waals surface area contributed by atoms with Crippen molar-refractivity contribution in [1.29, 1.82) is 0 Å². The molecule has 0 aliphatic carbocycles. The zero-order valence-corrected chi connectivity index (χ0v) is 14.6. The second kappa shape index (κ2) is 6.35. The number of aromatic nitrogens is 4. The first-order chi connectivity index (χ1) is 12.1. The molecule has 1 amide bonds. The molecule has 1 fully saturated rings. The Morgan fingerprint density at radius 1 is 1.32 bits per heavy atom. The Morgan fingerprint density at radius 3 is 2.92 bits per heavy atom. The molecule has 0 bridgehead atoms. The Labute approximate surface area is 146 Å². The standard InChI is InChI=1S/C19H23N5O/c1-13(2)24-12-15(10-20-24)19(25)23-9-5-6-14(11-23)18-21-16-7-3-4-8-17(16)22-18/h3-4,7-8,10,12-14H,5-6,9,11H2,1-2H3,(H,21,22)/t14-/m0/s1. The van der Waals surface area contributed by atoms with E-state index < -0.39 is 0 Å². The molecule has 1 saturated heterocycles. The Bertz CT molecular complexity index is 861. The predicted molar refractivity (Wildman–Crippen MR) is 96.6 cm³/mol. The minimum Gasteiger partial charge on any atom is -0.342 e. The van der Waals surface area contributed by atoms with Crippen LogP contribution in [0.3, 0.4) is 0 Å². The lowest BCUT2D eigenvalue weighted by atomic mass is 9.97. The molecule has 3 heterocycles. The van der Waals surface area contributed by atoms with Crippen molar-refractivity contribution >= 4 is 16.9 Å². The number of aromatic amines is 1. The summed E-state index contributed by atoms with van der Waals surface area (Å²) in [5.74, 6) is 1.30. The van der Waals surface area contributed by atoms with Gasteiger partial charge in [-0.05, 0) is 38.8 Å². The molecule has 1 N–H and O–H groups in total. The first-order valence-electron chi connectivity index (χ1n) is 8.90. The average molecular weight is 337 g/mol. The summed E-state index contributed by atoms with van der Waals surface area (Å²) in [6.45, 7) is 5.60. The van der Waals surface area contributed by atoms with Crippen LogP contribution in [-0.2, 0) is 0 Å². The number of carbonyl (C=O) groups excluding carboxylic acids is 1. The van der Waals surface area contributed by atoms with E-state index in [1.807, 2.05) is 40.0 Å². The molecular weight excluding hydrogens is 314 g/mol. The van der Waals surface area contributed by atoms with Gasteiger partial charge in [-0.3, -0.25) is 9.48 Å². The average Bonchev–Trinajstić information content (AvgIpc) is 3.28. The number of nitrogens with one attached hydrogen (secondary N) is 1. The van der Waals surface area contributed by atoms with E-state index >= 15 is 0 Å². The van der Waals surface area contributed by atoms with E-state index in [0.29, 0.717) is 12.1 Å². The van der Waals surface area contributed by atoms with Gasteiger partial charge in [0.05, 0.1) is 22.8 Å². The largest absolute Gasteiger partial charge is 0.342 e. The summed E-state index contributed by atoms with van der Waals surface area (Å²) < 4.78 is 1.83. The van der Waals surface area contributed by atoms with Gasteiger partial charge in [0.2, 0.25) is 0 Å². The third-order valence-corrected chi connectivity index (χ3v) is 4.88. The lowest BCUT2D eigenvalue weighted by Crippen LogP contribution is -2.39. The molecule has 2 aromatic heterocycles. The second-order valence-corrected chi connectivity index (χ2v) is 7.03. The Hall–Kier alpha value is -2.63. The number of para-hydroxylation sites is 2. The Kier molecular flexibility index (Phi) is 4.03. The van der Waals surface area contributed by atoms with Gasteiger partial charge in [-0.15, -0.1) is 0 Å². The number of rotatable bonds is 3. The van der Waals surface area contributed by atoms with Gasteiger partial charge >= 0.3 is 0 Å². The quantitative estimate of drug-likeness (QED) is 0.797. The highest BCUT2D eigenvalue weighted by atomic mass is 16.2. The van der Waals surface area contributed by atoms with E-state index in [1.54, 1.807) is 6.20 Å². The van der Waals surface area contributed by atoms with Crippen molar-refractivity contribution in [3.63, 3.8) is 0 Å². The molecule has 0 unspecified atom stereocenters. The van der Waals surface area contributed by atoms with Gasteiger partial charge in [-0.2, -0.15) is 5.10 Å². The van der Waals surface area contributed by atoms with Gasteiger partial charge in [0.25, 0.3) is 5.91 Å². The topological polar surface area (TPSA) is 66.8 Å². The van der Waals surface area contributed by atoms with Crippen molar-refractivity contribution in [3.8, 4) is 0 Å². The van der Waals surface area contributed by atoms with E-state index in [1.165, 1.54) is 0 Å². The number of fused-ring (bicyclic) bond motifs is 1.